The first-order chi connectivity index (χ1) is 7.25. The summed E-state index contributed by atoms with van der Waals surface area (Å²) in [6.45, 7) is 0. The minimum Gasteiger partial charge on any atom is -0.381 e. The van der Waals surface area contributed by atoms with Crippen LogP contribution in [0, 0.1) is 5.82 Å². The third-order valence-corrected chi connectivity index (χ3v) is 4.31. The number of hydrogen-bond acceptors (Lipinski definition) is 2. The van der Waals surface area contributed by atoms with Crippen molar-refractivity contribution < 1.29 is 4.39 Å². The van der Waals surface area contributed by atoms with E-state index in [1.807, 2.05) is 17.8 Å². The van der Waals surface area contributed by atoms with Gasteiger partial charge in [0, 0.05) is 17.5 Å². The first-order valence-electron chi connectivity index (χ1n) is 5.05. The van der Waals surface area contributed by atoms with Gasteiger partial charge in [0.25, 0.3) is 0 Å². The Labute approximate surface area is 102 Å². The number of halogens is 2. The van der Waals surface area contributed by atoms with Crippen molar-refractivity contribution in [3.8, 4) is 0 Å². The second-order valence-corrected chi connectivity index (χ2v) is 5.69. The molecule has 1 aliphatic rings. The van der Waals surface area contributed by atoms with Gasteiger partial charge in [-0.05, 0) is 52.7 Å². The lowest BCUT2D eigenvalue weighted by atomic mass is 10.1. The number of rotatable bonds is 2. The molecule has 0 radical (unpaired) electrons. The van der Waals surface area contributed by atoms with Crippen molar-refractivity contribution in [3.05, 3.63) is 28.5 Å². The van der Waals surface area contributed by atoms with E-state index in [1.165, 1.54) is 18.6 Å². The number of benzene rings is 1. The van der Waals surface area contributed by atoms with Gasteiger partial charge >= 0.3 is 0 Å². The van der Waals surface area contributed by atoms with Crippen LogP contribution in [0.15, 0.2) is 22.7 Å². The Morgan fingerprint density at radius 3 is 3.00 bits per heavy atom. The fourth-order valence-corrected chi connectivity index (χ4v) is 2.99. The highest BCUT2D eigenvalue weighted by molar-refractivity contribution is 9.10. The maximum absolute atomic E-state index is 13.2. The maximum atomic E-state index is 13.2. The quantitative estimate of drug-likeness (QED) is 0.886. The molecule has 4 heteroatoms. The summed E-state index contributed by atoms with van der Waals surface area (Å²) in [4.78, 5) is 0. The van der Waals surface area contributed by atoms with Crippen LogP contribution in [0.3, 0.4) is 0 Å². The van der Waals surface area contributed by atoms with Crippen molar-refractivity contribution in [2.45, 2.75) is 18.9 Å². The molecule has 0 aromatic heterocycles. The van der Waals surface area contributed by atoms with Crippen LogP contribution in [0.5, 0.6) is 0 Å². The summed E-state index contributed by atoms with van der Waals surface area (Å²) in [5, 5.41) is 3.37. The fourth-order valence-electron chi connectivity index (χ4n) is 1.68. The zero-order chi connectivity index (χ0) is 10.7. The Hall–Kier alpha value is -0.220. The lowest BCUT2D eigenvalue weighted by molar-refractivity contribution is 0.620. The van der Waals surface area contributed by atoms with Crippen LogP contribution < -0.4 is 5.32 Å². The Morgan fingerprint density at radius 1 is 1.47 bits per heavy atom. The monoisotopic (exact) mass is 289 g/mol. The van der Waals surface area contributed by atoms with Gasteiger partial charge in [0.05, 0.1) is 4.47 Å². The molecule has 2 rings (SSSR count). The van der Waals surface area contributed by atoms with Crippen LogP contribution >= 0.6 is 27.7 Å². The highest BCUT2D eigenvalue weighted by Crippen LogP contribution is 2.23. The molecule has 1 aliphatic heterocycles. The Kier molecular flexibility index (Phi) is 3.92. The highest BCUT2D eigenvalue weighted by Gasteiger charge is 2.13. The van der Waals surface area contributed by atoms with Crippen LogP contribution in [0.25, 0.3) is 0 Å². The van der Waals surface area contributed by atoms with Crippen molar-refractivity contribution in [2.75, 3.05) is 16.8 Å². The normalized spacial score (nSPS) is 21.3. The van der Waals surface area contributed by atoms with Gasteiger partial charge in [-0.25, -0.2) is 4.39 Å². The van der Waals surface area contributed by atoms with Crippen molar-refractivity contribution in [1.82, 2.24) is 0 Å². The number of thioether (sulfide) groups is 1. The van der Waals surface area contributed by atoms with Crippen molar-refractivity contribution >= 4 is 33.4 Å². The van der Waals surface area contributed by atoms with E-state index in [-0.39, 0.29) is 5.82 Å². The minimum atomic E-state index is -0.205. The fraction of sp³-hybridized carbons (Fsp3) is 0.455. The van der Waals surface area contributed by atoms with E-state index < -0.39 is 0 Å². The summed E-state index contributed by atoms with van der Waals surface area (Å²) in [6.07, 6.45) is 2.44. The first-order valence-corrected chi connectivity index (χ1v) is 7.00. The molecule has 1 aromatic carbocycles. The molecule has 1 heterocycles. The molecule has 0 amide bonds. The average Bonchev–Trinajstić information content (AvgIpc) is 2.25. The summed E-state index contributed by atoms with van der Waals surface area (Å²) < 4.78 is 13.8. The zero-order valence-corrected chi connectivity index (χ0v) is 10.7. The van der Waals surface area contributed by atoms with E-state index in [0.717, 1.165) is 11.4 Å². The van der Waals surface area contributed by atoms with E-state index >= 15 is 0 Å². The molecular weight excluding hydrogens is 277 g/mol. The standard InChI is InChI=1S/C11H13BrFNS/c12-10-4-3-8(6-11(10)13)14-9-2-1-5-15-7-9/h3-4,6,9,14H,1-2,5,7H2/t9-/m0/s1. The van der Waals surface area contributed by atoms with Crippen molar-refractivity contribution in [3.63, 3.8) is 0 Å². The number of nitrogens with one attached hydrogen (secondary N) is 1. The number of hydrogen-bond donors (Lipinski definition) is 1. The highest BCUT2D eigenvalue weighted by atomic mass is 79.9. The van der Waals surface area contributed by atoms with Gasteiger partial charge in [0.1, 0.15) is 5.82 Å². The van der Waals surface area contributed by atoms with Crippen molar-refractivity contribution in [1.29, 1.82) is 0 Å². The second kappa shape index (κ2) is 5.21. The Bertz CT molecular complexity index is 339. The Morgan fingerprint density at radius 2 is 2.33 bits per heavy atom. The lowest BCUT2D eigenvalue weighted by Gasteiger charge is -2.23. The molecule has 0 aliphatic carbocycles. The smallest absolute Gasteiger partial charge is 0.139 e. The van der Waals surface area contributed by atoms with Gasteiger partial charge in [-0.15, -0.1) is 0 Å². The van der Waals surface area contributed by atoms with Crippen molar-refractivity contribution in [2.24, 2.45) is 0 Å². The third kappa shape index (κ3) is 3.11. The zero-order valence-electron chi connectivity index (χ0n) is 8.30. The molecule has 1 fully saturated rings. The molecule has 82 valence electrons. The molecule has 0 saturated carbocycles. The SMILES string of the molecule is Fc1cc(N[C@H]2CCCSC2)ccc1Br. The van der Waals surface area contributed by atoms with Gasteiger partial charge in [-0.2, -0.15) is 11.8 Å². The third-order valence-electron chi connectivity index (χ3n) is 2.45. The van der Waals surface area contributed by atoms with Crippen LogP contribution in [0.1, 0.15) is 12.8 Å². The van der Waals surface area contributed by atoms with E-state index in [0.29, 0.717) is 10.5 Å². The van der Waals surface area contributed by atoms with E-state index in [2.05, 4.69) is 21.2 Å². The van der Waals surface area contributed by atoms with Gasteiger partial charge in [0.15, 0.2) is 0 Å². The summed E-state index contributed by atoms with van der Waals surface area (Å²) in [7, 11) is 0. The molecule has 1 saturated heterocycles. The number of anilines is 1. The predicted molar refractivity (Wildman–Crippen MR) is 68.1 cm³/mol. The minimum absolute atomic E-state index is 0.205. The molecule has 0 unspecified atom stereocenters. The topological polar surface area (TPSA) is 12.0 Å². The van der Waals surface area contributed by atoms with Gasteiger partial charge in [-0.3, -0.25) is 0 Å². The largest absolute Gasteiger partial charge is 0.381 e. The molecule has 1 nitrogen and oxygen atoms in total. The maximum Gasteiger partial charge on any atom is 0.139 e. The molecule has 15 heavy (non-hydrogen) atoms. The summed E-state index contributed by atoms with van der Waals surface area (Å²) in [6, 6.07) is 5.69. The molecule has 1 atom stereocenters. The summed E-state index contributed by atoms with van der Waals surface area (Å²) >= 11 is 5.11. The summed E-state index contributed by atoms with van der Waals surface area (Å²) in [5.74, 6) is 2.17. The molecule has 0 bridgehead atoms. The lowest BCUT2D eigenvalue weighted by Crippen LogP contribution is -2.25. The average molecular weight is 290 g/mol. The van der Waals surface area contributed by atoms with Gasteiger partial charge in [0.2, 0.25) is 0 Å². The van der Waals surface area contributed by atoms with Crippen LogP contribution in [-0.2, 0) is 0 Å². The molecule has 0 spiro atoms. The van der Waals surface area contributed by atoms with Gasteiger partial charge < -0.3 is 5.32 Å². The molecule has 1 aromatic rings. The van der Waals surface area contributed by atoms with E-state index in [4.69, 9.17) is 0 Å². The van der Waals surface area contributed by atoms with Crippen LogP contribution in [0.2, 0.25) is 0 Å². The van der Waals surface area contributed by atoms with E-state index in [1.54, 1.807) is 12.1 Å². The Balaban J connectivity index is 2.00. The van der Waals surface area contributed by atoms with Crippen LogP contribution in [0.4, 0.5) is 10.1 Å². The summed E-state index contributed by atoms with van der Waals surface area (Å²) in [5.41, 5.74) is 0.878. The molecular formula is C11H13BrFNS. The van der Waals surface area contributed by atoms with Gasteiger partial charge in [-0.1, -0.05) is 0 Å². The van der Waals surface area contributed by atoms with Crippen LogP contribution in [-0.4, -0.2) is 17.5 Å². The van der Waals surface area contributed by atoms with E-state index in [9.17, 15) is 4.39 Å². The predicted octanol–water partition coefficient (Wildman–Crippen LogP) is 3.90. The first kappa shape index (κ1) is 11.3. The second-order valence-electron chi connectivity index (χ2n) is 3.69. The molecule has 1 N–H and O–H groups in total.